The van der Waals surface area contributed by atoms with Gasteiger partial charge in [-0.05, 0) is 36.8 Å². The Kier molecular flexibility index (Phi) is 9.28. The zero-order chi connectivity index (χ0) is 21.5. The van der Waals surface area contributed by atoms with Crippen molar-refractivity contribution in [3.8, 4) is 5.75 Å². The first kappa shape index (κ1) is 24.4. The molecule has 2 aromatic rings. The normalized spacial score (nSPS) is 17.2. The van der Waals surface area contributed by atoms with Crippen LogP contribution in [0.3, 0.4) is 0 Å². The Morgan fingerprint density at radius 1 is 0.938 bits per heavy atom. The van der Waals surface area contributed by atoms with Crippen LogP contribution in [0.25, 0.3) is 0 Å². The van der Waals surface area contributed by atoms with Crippen molar-refractivity contribution in [3.05, 3.63) is 54.1 Å². The number of phenols is 1. The Bertz CT molecular complexity index is 863. The van der Waals surface area contributed by atoms with Gasteiger partial charge >= 0.3 is 0 Å². The number of piperazine rings is 1. The quantitative estimate of drug-likeness (QED) is 0.339. The van der Waals surface area contributed by atoms with E-state index in [1.54, 1.807) is 6.07 Å². The lowest BCUT2D eigenvalue weighted by Gasteiger charge is -2.37. The van der Waals surface area contributed by atoms with Gasteiger partial charge in [0.05, 0.1) is 25.4 Å². The van der Waals surface area contributed by atoms with E-state index in [1.165, 1.54) is 11.3 Å². The van der Waals surface area contributed by atoms with Crippen LogP contribution in [0, 0.1) is 0 Å². The van der Waals surface area contributed by atoms with E-state index in [0.717, 1.165) is 70.7 Å². The summed E-state index contributed by atoms with van der Waals surface area (Å²) in [5, 5.41) is 13.6. The second-order valence-electron chi connectivity index (χ2n) is 7.90. The number of rotatable bonds is 5. The van der Waals surface area contributed by atoms with Crippen molar-refractivity contribution in [2.75, 3.05) is 68.8 Å². The monoisotopic (exact) mass is 551 g/mol. The molecule has 2 aromatic carbocycles. The average molecular weight is 551 g/mol. The molecule has 32 heavy (non-hydrogen) atoms. The fourth-order valence-electron chi connectivity index (χ4n) is 4.12. The van der Waals surface area contributed by atoms with E-state index >= 15 is 0 Å². The van der Waals surface area contributed by atoms with Crippen molar-refractivity contribution in [1.29, 1.82) is 0 Å². The number of morpholine rings is 1. The Labute approximate surface area is 208 Å². The highest BCUT2D eigenvalue weighted by Gasteiger charge is 2.21. The highest BCUT2D eigenvalue weighted by Crippen LogP contribution is 2.27. The molecule has 0 aliphatic carbocycles. The number of halogens is 1. The Hall–Kier alpha value is -2.20. The molecule has 2 fully saturated rings. The molecule has 0 unspecified atom stereocenters. The predicted octanol–water partition coefficient (Wildman–Crippen LogP) is 3.13. The Balaban J connectivity index is 0.00000289. The van der Waals surface area contributed by atoms with Crippen molar-refractivity contribution in [2.24, 2.45) is 4.99 Å². The molecule has 0 aromatic heterocycles. The number of para-hydroxylation sites is 2. The summed E-state index contributed by atoms with van der Waals surface area (Å²) >= 11 is 0. The maximum Gasteiger partial charge on any atom is 0.194 e. The number of aromatic hydroxyl groups is 1. The van der Waals surface area contributed by atoms with Crippen LogP contribution in [0.1, 0.15) is 12.5 Å². The molecular weight excluding hydrogens is 517 g/mol. The van der Waals surface area contributed by atoms with Gasteiger partial charge in [0.1, 0.15) is 5.75 Å². The molecule has 0 amide bonds. The number of anilines is 2. The second-order valence-corrected chi connectivity index (χ2v) is 7.90. The summed E-state index contributed by atoms with van der Waals surface area (Å²) in [5.41, 5.74) is 3.37. The Morgan fingerprint density at radius 2 is 1.62 bits per heavy atom. The number of phenolic OH excluding ortho intramolecular Hbond substituents is 1. The van der Waals surface area contributed by atoms with E-state index in [2.05, 4.69) is 51.2 Å². The minimum Gasteiger partial charge on any atom is -0.506 e. The molecule has 0 spiro atoms. The highest BCUT2D eigenvalue weighted by atomic mass is 127. The minimum atomic E-state index is 0. The first-order valence-corrected chi connectivity index (χ1v) is 11.2. The number of nitrogens with zero attached hydrogens (tertiary/aromatic N) is 4. The zero-order valence-corrected chi connectivity index (χ0v) is 21.1. The summed E-state index contributed by atoms with van der Waals surface area (Å²) in [6.07, 6.45) is 0. The fraction of sp³-hybridized carbons (Fsp3) is 0.458. The molecule has 174 valence electrons. The summed E-state index contributed by atoms with van der Waals surface area (Å²) in [6.45, 7) is 10.6. The maximum absolute atomic E-state index is 10.1. The SMILES string of the molecule is CCNC(=NCc1ccc(N2CCOCC2)cc1)N1CCN(c2ccccc2O)CC1.I. The summed E-state index contributed by atoms with van der Waals surface area (Å²) in [7, 11) is 0. The van der Waals surface area contributed by atoms with Crippen molar-refractivity contribution < 1.29 is 9.84 Å². The average Bonchev–Trinajstić information content (AvgIpc) is 2.83. The fourth-order valence-corrected chi connectivity index (χ4v) is 4.12. The van der Waals surface area contributed by atoms with Crippen LogP contribution in [0.4, 0.5) is 11.4 Å². The van der Waals surface area contributed by atoms with Crippen LogP contribution < -0.4 is 15.1 Å². The molecule has 2 saturated heterocycles. The van der Waals surface area contributed by atoms with Gasteiger partial charge in [-0.1, -0.05) is 24.3 Å². The van der Waals surface area contributed by atoms with Crippen LogP contribution >= 0.6 is 24.0 Å². The minimum absolute atomic E-state index is 0. The highest BCUT2D eigenvalue weighted by molar-refractivity contribution is 14.0. The summed E-state index contributed by atoms with van der Waals surface area (Å²) in [4.78, 5) is 11.8. The first-order chi connectivity index (χ1) is 15.2. The molecule has 4 rings (SSSR count). The summed E-state index contributed by atoms with van der Waals surface area (Å²) < 4.78 is 5.44. The lowest BCUT2D eigenvalue weighted by Crippen LogP contribution is -2.52. The van der Waals surface area contributed by atoms with E-state index in [0.29, 0.717) is 12.3 Å². The van der Waals surface area contributed by atoms with Crippen molar-refractivity contribution in [2.45, 2.75) is 13.5 Å². The molecule has 2 N–H and O–H groups in total. The third-order valence-electron chi connectivity index (χ3n) is 5.86. The second kappa shape index (κ2) is 12.2. The van der Waals surface area contributed by atoms with E-state index in [-0.39, 0.29) is 24.0 Å². The molecule has 0 radical (unpaired) electrons. The predicted molar refractivity (Wildman–Crippen MR) is 142 cm³/mol. The number of benzene rings is 2. The molecular formula is C24H34IN5O2. The summed E-state index contributed by atoms with van der Waals surface area (Å²) in [5.74, 6) is 1.30. The van der Waals surface area contributed by atoms with Gasteiger partial charge in [0, 0.05) is 51.5 Å². The van der Waals surface area contributed by atoms with Crippen molar-refractivity contribution >= 4 is 41.3 Å². The van der Waals surface area contributed by atoms with Gasteiger partial charge in [-0.2, -0.15) is 0 Å². The van der Waals surface area contributed by atoms with E-state index < -0.39 is 0 Å². The van der Waals surface area contributed by atoms with E-state index in [9.17, 15) is 5.11 Å². The van der Waals surface area contributed by atoms with Crippen LogP contribution in [-0.2, 0) is 11.3 Å². The van der Waals surface area contributed by atoms with E-state index in [1.807, 2.05) is 18.2 Å². The third kappa shape index (κ3) is 6.19. The van der Waals surface area contributed by atoms with Crippen molar-refractivity contribution in [1.82, 2.24) is 10.2 Å². The Morgan fingerprint density at radius 3 is 2.28 bits per heavy atom. The maximum atomic E-state index is 10.1. The molecule has 2 heterocycles. The number of hydrogen-bond donors (Lipinski definition) is 2. The summed E-state index contributed by atoms with van der Waals surface area (Å²) in [6, 6.07) is 16.3. The molecule has 0 saturated carbocycles. The largest absolute Gasteiger partial charge is 0.506 e. The number of aliphatic imine (C=N–C) groups is 1. The van der Waals surface area contributed by atoms with Gasteiger partial charge in [0.25, 0.3) is 0 Å². The van der Waals surface area contributed by atoms with Gasteiger partial charge in [-0.15, -0.1) is 24.0 Å². The van der Waals surface area contributed by atoms with Gasteiger partial charge < -0.3 is 29.9 Å². The van der Waals surface area contributed by atoms with Gasteiger partial charge in [0.15, 0.2) is 5.96 Å². The van der Waals surface area contributed by atoms with Crippen LogP contribution in [-0.4, -0.2) is 75.0 Å². The van der Waals surface area contributed by atoms with Gasteiger partial charge in [-0.3, -0.25) is 0 Å². The smallest absolute Gasteiger partial charge is 0.194 e. The van der Waals surface area contributed by atoms with Crippen LogP contribution in [0.5, 0.6) is 5.75 Å². The molecule has 2 aliphatic rings. The van der Waals surface area contributed by atoms with Crippen LogP contribution in [0.15, 0.2) is 53.5 Å². The zero-order valence-electron chi connectivity index (χ0n) is 18.7. The van der Waals surface area contributed by atoms with Gasteiger partial charge in [0.2, 0.25) is 0 Å². The molecule has 0 bridgehead atoms. The topological polar surface area (TPSA) is 63.6 Å². The third-order valence-corrected chi connectivity index (χ3v) is 5.86. The molecule has 7 nitrogen and oxygen atoms in total. The number of guanidine groups is 1. The van der Waals surface area contributed by atoms with Gasteiger partial charge in [-0.25, -0.2) is 4.99 Å². The molecule has 2 aliphatic heterocycles. The number of hydrogen-bond acceptors (Lipinski definition) is 5. The van der Waals surface area contributed by atoms with Crippen molar-refractivity contribution in [3.63, 3.8) is 0 Å². The lowest BCUT2D eigenvalue weighted by atomic mass is 10.2. The number of nitrogens with one attached hydrogen (secondary N) is 1. The van der Waals surface area contributed by atoms with Crippen LogP contribution in [0.2, 0.25) is 0 Å². The number of ether oxygens (including phenoxy) is 1. The molecule has 8 heteroatoms. The molecule has 0 atom stereocenters. The van der Waals surface area contributed by atoms with E-state index in [4.69, 9.17) is 9.73 Å². The first-order valence-electron chi connectivity index (χ1n) is 11.2. The standard InChI is InChI=1S/C24H33N5O2.HI/c1-2-25-24(29-13-11-28(12-14-29)22-5-3-4-6-23(22)30)26-19-20-7-9-21(10-8-20)27-15-17-31-18-16-27;/h3-10,30H,2,11-19H2,1H3,(H,25,26);1H. The lowest BCUT2D eigenvalue weighted by molar-refractivity contribution is 0.122.